The molecule has 2 atom stereocenters. The second-order valence-corrected chi connectivity index (χ2v) is 8.20. The lowest BCUT2D eigenvalue weighted by atomic mass is 10.0. The molecule has 1 amide bonds. The summed E-state index contributed by atoms with van der Waals surface area (Å²) in [7, 11) is 0. The van der Waals surface area contributed by atoms with Gasteiger partial charge in [-0.1, -0.05) is 48.5 Å². The molecule has 3 aromatic rings. The molecule has 0 saturated heterocycles. The van der Waals surface area contributed by atoms with Crippen LogP contribution in [0.2, 0.25) is 0 Å². The van der Waals surface area contributed by atoms with E-state index >= 15 is 0 Å². The number of thioether (sulfide) groups is 1. The number of fused-ring (bicyclic) bond motifs is 1. The third-order valence-corrected chi connectivity index (χ3v) is 6.16. The van der Waals surface area contributed by atoms with Crippen LogP contribution in [0.15, 0.2) is 53.7 Å². The van der Waals surface area contributed by atoms with Crippen molar-refractivity contribution < 1.29 is 9.53 Å². The van der Waals surface area contributed by atoms with E-state index in [0.29, 0.717) is 11.8 Å². The van der Waals surface area contributed by atoms with Gasteiger partial charge >= 0.3 is 0 Å². The van der Waals surface area contributed by atoms with E-state index in [1.54, 1.807) is 0 Å². The number of ether oxygens (including phenoxy) is 1. The van der Waals surface area contributed by atoms with Crippen LogP contribution in [-0.4, -0.2) is 32.6 Å². The monoisotopic (exact) mass is 423 g/mol. The number of aromatic nitrogens is 3. The van der Waals surface area contributed by atoms with Crippen LogP contribution in [0.4, 0.5) is 5.69 Å². The van der Waals surface area contributed by atoms with Gasteiger partial charge in [0.15, 0.2) is 5.82 Å². The molecule has 30 heavy (non-hydrogen) atoms. The zero-order valence-electron chi connectivity index (χ0n) is 17.3. The Bertz CT molecular complexity index is 1020. The normalized spacial score (nSPS) is 17.7. The lowest BCUT2D eigenvalue weighted by molar-refractivity contribution is -0.116. The van der Waals surface area contributed by atoms with Gasteiger partial charge in [0.2, 0.25) is 11.1 Å². The zero-order valence-corrected chi connectivity index (χ0v) is 18.1. The molecule has 1 aliphatic rings. The number of carbonyl (C=O) groups excluding carboxylic acids is 1. The van der Waals surface area contributed by atoms with Gasteiger partial charge in [0, 0.05) is 12.1 Å². The van der Waals surface area contributed by atoms with E-state index in [0.717, 1.165) is 34.8 Å². The number of nitrogens with zero attached hydrogens (tertiary/aromatic N) is 3. The van der Waals surface area contributed by atoms with E-state index in [-0.39, 0.29) is 11.9 Å². The molecule has 2 aromatic carbocycles. The van der Waals surface area contributed by atoms with Crippen molar-refractivity contribution in [1.82, 2.24) is 14.9 Å². The summed E-state index contributed by atoms with van der Waals surface area (Å²) < 4.78 is 7.45. The molecule has 156 valence electrons. The number of aryl methyl sites for hydroxylation is 2. The highest BCUT2D eigenvalue weighted by atomic mass is 32.2. The molecular formula is C22H25N5O2S. The first-order valence-electron chi connectivity index (χ1n) is 10.1. The van der Waals surface area contributed by atoms with Gasteiger partial charge in [0.1, 0.15) is 11.0 Å². The third kappa shape index (κ3) is 4.14. The summed E-state index contributed by atoms with van der Waals surface area (Å²) in [5.74, 6) is 1.57. The van der Waals surface area contributed by atoms with Gasteiger partial charge < -0.3 is 15.5 Å². The van der Waals surface area contributed by atoms with Gasteiger partial charge in [-0.2, -0.15) is 0 Å². The van der Waals surface area contributed by atoms with Crippen LogP contribution in [0, 0.1) is 6.92 Å². The molecule has 0 fully saturated rings. The smallest absolute Gasteiger partial charge is 0.240 e. The van der Waals surface area contributed by atoms with Gasteiger partial charge in [0.25, 0.3) is 0 Å². The van der Waals surface area contributed by atoms with E-state index in [1.165, 1.54) is 11.8 Å². The van der Waals surface area contributed by atoms with Crippen molar-refractivity contribution in [2.24, 2.45) is 0 Å². The molecule has 0 bridgehead atoms. The molecule has 0 radical (unpaired) electrons. The highest BCUT2D eigenvalue weighted by Crippen LogP contribution is 2.38. The fourth-order valence-corrected chi connectivity index (χ4v) is 4.46. The lowest BCUT2D eigenvalue weighted by Crippen LogP contribution is -2.41. The first kappa shape index (κ1) is 20.3. The van der Waals surface area contributed by atoms with Crippen molar-refractivity contribution in [3.05, 3.63) is 65.5 Å². The van der Waals surface area contributed by atoms with Crippen molar-refractivity contribution in [2.75, 3.05) is 17.3 Å². The molecule has 0 spiro atoms. The van der Waals surface area contributed by atoms with Gasteiger partial charge in [0.05, 0.1) is 12.6 Å². The maximum atomic E-state index is 13.2. The Morgan fingerprint density at radius 1 is 1.13 bits per heavy atom. The number of hydrogen-bond acceptors (Lipinski definition) is 6. The van der Waals surface area contributed by atoms with Crippen molar-refractivity contribution in [2.45, 2.75) is 43.6 Å². The standard InChI is InChI=1S/C22H25N5O2S/c1-4-18-24-25-22-27(18)26-19(15-8-12-17(13-9-15)29-5-2)20(30-22)21(28)23-16-10-6-14(3)7-11-16/h6-13,19-20,26H,4-5H2,1-3H3,(H,23,28)/t19-,20+/m1/s1. The molecular weight excluding hydrogens is 398 g/mol. The van der Waals surface area contributed by atoms with Gasteiger partial charge in [-0.05, 0) is 43.7 Å². The van der Waals surface area contributed by atoms with E-state index < -0.39 is 5.25 Å². The van der Waals surface area contributed by atoms with E-state index in [1.807, 2.05) is 74.0 Å². The molecule has 1 aromatic heterocycles. The van der Waals surface area contributed by atoms with Crippen molar-refractivity contribution in [3.8, 4) is 5.75 Å². The number of hydrogen-bond donors (Lipinski definition) is 2. The first-order chi connectivity index (χ1) is 14.6. The molecule has 0 aliphatic carbocycles. The summed E-state index contributed by atoms with van der Waals surface area (Å²) in [5.41, 5.74) is 6.38. The van der Waals surface area contributed by atoms with Crippen molar-refractivity contribution in [3.63, 3.8) is 0 Å². The van der Waals surface area contributed by atoms with Crippen LogP contribution in [-0.2, 0) is 11.2 Å². The molecule has 1 aliphatic heterocycles. The average Bonchev–Trinajstić information content (AvgIpc) is 3.17. The number of carbonyl (C=O) groups is 1. The van der Waals surface area contributed by atoms with E-state index in [4.69, 9.17) is 4.74 Å². The Morgan fingerprint density at radius 3 is 2.53 bits per heavy atom. The largest absolute Gasteiger partial charge is 0.494 e. The number of amides is 1. The molecule has 2 N–H and O–H groups in total. The van der Waals surface area contributed by atoms with E-state index in [2.05, 4.69) is 20.9 Å². The summed E-state index contributed by atoms with van der Waals surface area (Å²) in [6.45, 7) is 6.62. The summed E-state index contributed by atoms with van der Waals surface area (Å²) in [5, 5.41) is 11.8. The predicted molar refractivity (Wildman–Crippen MR) is 119 cm³/mol. The summed E-state index contributed by atoms with van der Waals surface area (Å²) >= 11 is 1.42. The second kappa shape index (κ2) is 8.79. The minimum Gasteiger partial charge on any atom is -0.494 e. The SMILES string of the molecule is CCOc1ccc([C@H]2Nn3c(CC)nnc3S[C@@H]2C(=O)Nc2ccc(C)cc2)cc1. The van der Waals surface area contributed by atoms with Gasteiger partial charge in [-0.3, -0.25) is 4.79 Å². The fourth-order valence-electron chi connectivity index (χ4n) is 3.37. The molecule has 2 heterocycles. The predicted octanol–water partition coefficient (Wildman–Crippen LogP) is 3.95. The Kier molecular flexibility index (Phi) is 5.94. The van der Waals surface area contributed by atoms with Crippen LogP contribution in [0.1, 0.15) is 36.8 Å². The highest BCUT2D eigenvalue weighted by molar-refractivity contribution is 8.00. The minimum absolute atomic E-state index is 0.0810. The molecule has 0 unspecified atom stereocenters. The number of benzene rings is 2. The quantitative estimate of drug-likeness (QED) is 0.625. The Hall–Kier alpha value is -3.00. The number of anilines is 1. The third-order valence-electron chi connectivity index (χ3n) is 4.95. The highest BCUT2D eigenvalue weighted by Gasteiger charge is 2.37. The Balaban J connectivity index is 1.64. The average molecular weight is 424 g/mol. The second-order valence-electron chi connectivity index (χ2n) is 7.09. The molecule has 8 heteroatoms. The van der Waals surface area contributed by atoms with Gasteiger partial charge in [-0.25, -0.2) is 4.68 Å². The van der Waals surface area contributed by atoms with E-state index in [9.17, 15) is 4.79 Å². The lowest BCUT2D eigenvalue weighted by Gasteiger charge is -2.33. The van der Waals surface area contributed by atoms with Crippen LogP contribution in [0.3, 0.4) is 0 Å². The number of nitrogens with one attached hydrogen (secondary N) is 2. The summed E-state index contributed by atoms with van der Waals surface area (Å²) in [6.07, 6.45) is 0.747. The maximum Gasteiger partial charge on any atom is 0.240 e. The van der Waals surface area contributed by atoms with Crippen molar-refractivity contribution >= 4 is 23.4 Å². The Morgan fingerprint density at radius 2 is 1.87 bits per heavy atom. The van der Waals surface area contributed by atoms with Gasteiger partial charge in [-0.15, -0.1) is 10.2 Å². The van der Waals surface area contributed by atoms with Crippen molar-refractivity contribution in [1.29, 1.82) is 0 Å². The van der Waals surface area contributed by atoms with Crippen LogP contribution in [0.25, 0.3) is 0 Å². The van der Waals surface area contributed by atoms with Crippen LogP contribution < -0.4 is 15.5 Å². The first-order valence-corrected chi connectivity index (χ1v) is 10.9. The molecule has 0 saturated carbocycles. The summed E-state index contributed by atoms with van der Waals surface area (Å²) in [4.78, 5) is 13.2. The Labute approximate surface area is 180 Å². The minimum atomic E-state index is -0.411. The zero-order chi connectivity index (χ0) is 21.1. The number of rotatable bonds is 6. The van der Waals surface area contributed by atoms with Crippen LogP contribution >= 0.6 is 11.8 Å². The topological polar surface area (TPSA) is 81.1 Å². The fraction of sp³-hybridized carbons (Fsp3) is 0.318. The summed E-state index contributed by atoms with van der Waals surface area (Å²) in [6, 6.07) is 15.4. The molecule has 7 nitrogen and oxygen atoms in total. The molecule has 4 rings (SSSR count). The van der Waals surface area contributed by atoms with Crippen LogP contribution in [0.5, 0.6) is 5.75 Å². The maximum absolute atomic E-state index is 13.2.